The van der Waals surface area contributed by atoms with Crippen LogP contribution >= 0.6 is 0 Å². The van der Waals surface area contributed by atoms with E-state index in [1.807, 2.05) is 85.5 Å². The topological polar surface area (TPSA) is 89.5 Å². The number of carbonyl (C=O) groups is 1. The van der Waals surface area contributed by atoms with Gasteiger partial charge in [0.2, 0.25) is 5.91 Å². The fourth-order valence-corrected chi connectivity index (χ4v) is 6.72. The van der Waals surface area contributed by atoms with E-state index in [1.165, 1.54) is 12.1 Å². The van der Waals surface area contributed by atoms with Crippen LogP contribution in [-0.2, 0) is 32.9 Å². The van der Waals surface area contributed by atoms with Crippen molar-refractivity contribution in [3.05, 3.63) is 143 Å². The first-order valence-corrected chi connectivity index (χ1v) is 17.7. The average molecular weight is 731 g/mol. The van der Waals surface area contributed by atoms with Crippen molar-refractivity contribution < 1.29 is 42.0 Å². The average Bonchev–Trinajstić information content (AvgIpc) is 3.67. The fraction of sp³-hybridized carbons (Fsp3) is 0.357. The number of hydrogen-bond acceptors (Lipinski definition) is 7. The molecule has 11 heteroatoms. The van der Waals surface area contributed by atoms with Gasteiger partial charge >= 0.3 is 6.29 Å². The van der Waals surface area contributed by atoms with Gasteiger partial charge in [-0.15, -0.1) is 8.78 Å². The van der Waals surface area contributed by atoms with Gasteiger partial charge in [-0.3, -0.25) is 4.79 Å². The summed E-state index contributed by atoms with van der Waals surface area (Å²) in [6, 6.07) is 24.1. The third-order valence-electron chi connectivity index (χ3n) is 9.56. The number of alkyl halides is 2. The van der Waals surface area contributed by atoms with Gasteiger partial charge in [-0.2, -0.15) is 0 Å². The summed E-state index contributed by atoms with van der Waals surface area (Å²) in [5.74, 6) is -1.31. The van der Waals surface area contributed by atoms with Crippen LogP contribution in [0.25, 0.3) is 0 Å². The Balaban J connectivity index is 1.16. The van der Waals surface area contributed by atoms with Gasteiger partial charge in [-0.05, 0) is 65.5 Å². The molecule has 2 aliphatic heterocycles. The largest absolute Gasteiger partial charge is 0.586 e. The Labute approximate surface area is 308 Å². The highest BCUT2D eigenvalue weighted by Gasteiger charge is 2.49. The van der Waals surface area contributed by atoms with Gasteiger partial charge in [-0.25, -0.2) is 4.39 Å². The predicted molar refractivity (Wildman–Crippen MR) is 194 cm³/mol. The Kier molecular flexibility index (Phi) is 11.5. The molecule has 1 saturated carbocycles. The summed E-state index contributed by atoms with van der Waals surface area (Å²) >= 11 is 0. The number of aliphatic hydroxyl groups is 1. The van der Waals surface area contributed by atoms with Crippen LogP contribution in [0.3, 0.4) is 0 Å². The molecule has 0 bridgehead atoms. The molecule has 1 fully saturated rings. The lowest BCUT2D eigenvalue weighted by molar-refractivity contribution is -0.286. The quantitative estimate of drug-likeness (QED) is 0.137. The molecule has 53 heavy (non-hydrogen) atoms. The number of rotatable bonds is 17. The lowest BCUT2D eigenvalue weighted by Gasteiger charge is -2.35. The van der Waals surface area contributed by atoms with Crippen molar-refractivity contribution in [1.29, 1.82) is 0 Å². The molecule has 8 nitrogen and oxygen atoms in total. The maximum atomic E-state index is 15.3. The lowest BCUT2D eigenvalue weighted by Crippen LogP contribution is -2.38. The lowest BCUT2D eigenvalue weighted by atomic mass is 9.89. The number of nitrogens with zero attached hydrogens (tertiary/aromatic N) is 1. The number of nitrogens with one attached hydrogen (secondary N) is 1. The minimum absolute atomic E-state index is 0.00824. The summed E-state index contributed by atoms with van der Waals surface area (Å²) in [6.07, 6.45) is 1.30. The molecule has 0 aromatic heterocycles. The number of halogens is 3. The SMILES string of the molecule is C=C/C(F)=C(\C=C1\C=C(C(C)(C)COCc2ccccc2)N(C[C@@H](O)COCc2ccccc2)C1)NC(=O)CC1(c2ccc3c(c2)OC(F)(F)O3)CC1. The smallest absolute Gasteiger partial charge is 0.395 e. The van der Waals surface area contributed by atoms with Crippen molar-refractivity contribution >= 4 is 5.91 Å². The molecule has 280 valence electrons. The fourth-order valence-electron chi connectivity index (χ4n) is 6.72. The number of benzene rings is 3. The number of allylic oxidation sites excluding steroid dienone is 3. The number of amides is 1. The summed E-state index contributed by atoms with van der Waals surface area (Å²) in [4.78, 5) is 15.5. The molecule has 1 atom stereocenters. The Bertz CT molecular complexity index is 1870. The first-order valence-electron chi connectivity index (χ1n) is 17.7. The van der Waals surface area contributed by atoms with E-state index >= 15 is 4.39 Å². The molecule has 0 spiro atoms. The Morgan fingerprint density at radius 2 is 1.64 bits per heavy atom. The molecule has 3 aromatic rings. The van der Waals surface area contributed by atoms with E-state index in [0.717, 1.165) is 22.9 Å². The van der Waals surface area contributed by atoms with E-state index in [9.17, 15) is 18.7 Å². The number of fused-ring (bicyclic) bond motifs is 1. The summed E-state index contributed by atoms with van der Waals surface area (Å²) in [7, 11) is 0. The van der Waals surface area contributed by atoms with Crippen LogP contribution in [0.15, 0.2) is 126 Å². The first-order chi connectivity index (χ1) is 25.3. The zero-order chi connectivity index (χ0) is 37.6. The van der Waals surface area contributed by atoms with Crippen LogP contribution in [0.2, 0.25) is 0 Å². The molecule has 2 N–H and O–H groups in total. The van der Waals surface area contributed by atoms with E-state index in [4.69, 9.17) is 9.47 Å². The van der Waals surface area contributed by atoms with Crippen LogP contribution in [0, 0.1) is 5.41 Å². The number of ether oxygens (including phenoxy) is 4. The van der Waals surface area contributed by atoms with Gasteiger partial charge in [-0.1, -0.05) is 87.2 Å². The highest BCUT2D eigenvalue weighted by Crippen LogP contribution is 2.53. The summed E-state index contributed by atoms with van der Waals surface area (Å²) < 4.78 is 63.7. The maximum Gasteiger partial charge on any atom is 0.586 e. The minimum Gasteiger partial charge on any atom is -0.395 e. The van der Waals surface area contributed by atoms with Crippen LogP contribution in [0.5, 0.6) is 11.5 Å². The van der Waals surface area contributed by atoms with Gasteiger partial charge in [0, 0.05) is 36.0 Å². The zero-order valence-corrected chi connectivity index (χ0v) is 30.0. The predicted octanol–water partition coefficient (Wildman–Crippen LogP) is 7.86. The molecular weight excluding hydrogens is 685 g/mol. The molecule has 0 saturated heterocycles. The number of hydrogen-bond donors (Lipinski definition) is 2. The number of β-amino-alcohol motifs (C(OH)–C–C–N with tert-alkyl or cyclic N) is 1. The zero-order valence-electron chi connectivity index (χ0n) is 30.0. The van der Waals surface area contributed by atoms with E-state index in [1.54, 1.807) is 12.1 Å². The second-order valence-corrected chi connectivity index (χ2v) is 14.4. The summed E-state index contributed by atoms with van der Waals surface area (Å²) in [5.41, 5.74) is 3.15. The van der Waals surface area contributed by atoms with Crippen molar-refractivity contribution in [2.24, 2.45) is 5.41 Å². The number of carbonyl (C=O) groups excluding carboxylic acids is 1. The van der Waals surface area contributed by atoms with E-state index in [2.05, 4.69) is 21.4 Å². The highest BCUT2D eigenvalue weighted by molar-refractivity contribution is 5.81. The Hall–Kier alpha value is -4.84. The molecule has 0 radical (unpaired) electrons. The second-order valence-electron chi connectivity index (χ2n) is 14.4. The molecule has 1 aliphatic carbocycles. The van der Waals surface area contributed by atoms with E-state index < -0.39 is 35.0 Å². The van der Waals surface area contributed by atoms with Crippen LogP contribution in [-0.4, -0.2) is 54.6 Å². The molecular formula is C42H45F3N2O6. The summed E-state index contributed by atoms with van der Waals surface area (Å²) in [6.45, 7) is 9.54. The molecule has 0 unspecified atom stereocenters. The van der Waals surface area contributed by atoms with Crippen molar-refractivity contribution in [3.63, 3.8) is 0 Å². The Morgan fingerprint density at radius 1 is 1.00 bits per heavy atom. The van der Waals surface area contributed by atoms with Crippen molar-refractivity contribution in [3.8, 4) is 11.5 Å². The number of aliphatic hydroxyl groups excluding tert-OH is 1. The van der Waals surface area contributed by atoms with E-state index in [0.29, 0.717) is 50.3 Å². The molecule has 3 aliphatic rings. The third-order valence-corrected chi connectivity index (χ3v) is 9.56. The Morgan fingerprint density at radius 3 is 2.28 bits per heavy atom. The highest BCUT2D eigenvalue weighted by atomic mass is 19.3. The first kappa shape index (κ1) is 37.9. The van der Waals surface area contributed by atoms with Gasteiger partial charge in [0.15, 0.2) is 11.5 Å². The molecule has 1 amide bonds. The van der Waals surface area contributed by atoms with Gasteiger partial charge in [0.1, 0.15) is 5.83 Å². The third kappa shape index (κ3) is 9.78. The second kappa shape index (κ2) is 16.0. The van der Waals surface area contributed by atoms with E-state index in [-0.39, 0.29) is 36.8 Å². The molecule has 6 rings (SSSR count). The van der Waals surface area contributed by atoms with Crippen LogP contribution < -0.4 is 14.8 Å². The monoisotopic (exact) mass is 730 g/mol. The van der Waals surface area contributed by atoms with Crippen molar-refractivity contribution in [2.45, 2.75) is 64.1 Å². The standard InChI is InChI=1S/C42H45F3N2O6/c1-4-34(43)35(46-39(49)22-41(17-18-41)32-15-16-36-37(21-32)53-42(44,45)52-36)19-31-20-38(40(2,3)28-51-26-30-13-9-6-10-14-30)47(23-31)24-33(48)27-50-25-29-11-7-5-8-12-29/h4-16,19-21,33,48H,1,17-18,22-28H2,2-3H3,(H,46,49)/b31-19-,35-34-/t33-/m1/s1. The van der Waals surface area contributed by atoms with Crippen LogP contribution in [0.4, 0.5) is 13.2 Å². The van der Waals surface area contributed by atoms with Crippen molar-refractivity contribution in [2.75, 3.05) is 26.3 Å². The van der Waals surface area contributed by atoms with Crippen molar-refractivity contribution in [1.82, 2.24) is 10.2 Å². The summed E-state index contributed by atoms with van der Waals surface area (Å²) in [5, 5.41) is 13.8. The van der Waals surface area contributed by atoms with Crippen LogP contribution in [0.1, 0.15) is 49.8 Å². The minimum atomic E-state index is -3.74. The van der Waals surface area contributed by atoms with Gasteiger partial charge in [0.05, 0.1) is 38.2 Å². The van der Waals surface area contributed by atoms with Gasteiger partial charge < -0.3 is 34.3 Å². The molecule has 2 heterocycles. The maximum absolute atomic E-state index is 15.3. The normalized spacial score (nSPS) is 18.7. The van der Waals surface area contributed by atoms with Gasteiger partial charge in [0.25, 0.3) is 0 Å². The molecule has 3 aromatic carbocycles.